The minimum absolute atomic E-state index is 0.0302. The van der Waals surface area contributed by atoms with Crippen LogP contribution < -0.4 is 14.8 Å². The first-order valence-corrected chi connectivity index (χ1v) is 9.21. The Bertz CT molecular complexity index is 936. The van der Waals surface area contributed by atoms with Crippen LogP contribution >= 0.6 is 11.6 Å². The van der Waals surface area contributed by atoms with Crippen molar-refractivity contribution in [3.63, 3.8) is 0 Å². The highest BCUT2D eigenvalue weighted by Crippen LogP contribution is 2.28. The summed E-state index contributed by atoms with van der Waals surface area (Å²) < 4.78 is 10.5. The first-order chi connectivity index (χ1) is 13.1. The molecule has 0 bridgehead atoms. The van der Waals surface area contributed by atoms with Crippen molar-refractivity contribution in [3.05, 3.63) is 58.7 Å². The highest BCUT2D eigenvalue weighted by Gasteiger charge is 2.08. The lowest BCUT2D eigenvalue weighted by atomic mass is 10.1. The van der Waals surface area contributed by atoms with Crippen LogP contribution in [0, 0.1) is 0 Å². The van der Waals surface area contributed by atoms with Crippen molar-refractivity contribution in [3.8, 4) is 11.5 Å². The number of hydrogen-bond acceptors (Lipinski definition) is 3. The van der Waals surface area contributed by atoms with Crippen LogP contribution in [0.5, 0.6) is 11.5 Å². The normalized spacial score (nSPS) is 10.8. The van der Waals surface area contributed by atoms with Crippen LogP contribution in [-0.2, 0) is 17.6 Å². The zero-order valence-electron chi connectivity index (χ0n) is 15.5. The number of halogens is 1. The largest absolute Gasteiger partial charge is 0.493 e. The van der Waals surface area contributed by atoms with Gasteiger partial charge in [0.15, 0.2) is 11.5 Å². The third-order valence-corrected chi connectivity index (χ3v) is 4.77. The molecule has 2 N–H and O–H groups in total. The van der Waals surface area contributed by atoms with E-state index < -0.39 is 0 Å². The number of fused-ring (bicyclic) bond motifs is 1. The first-order valence-electron chi connectivity index (χ1n) is 8.84. The Balaban J connectivity index is 1.49. The maximum absolute atomic E-state index is 12.1. The topological polar surface area (TPSA) is 63.3 Å². The summed E-state index contributed by atoms with van der Waals surface area (Å²) in [7, 11) is 3.21. The van der Waals surface area contributed by atoms with Crippen LogP contribution in [0.3, 0.4) is 0 Å². The molecule has 1 amide bonds. The van der Waals surface area contributed by atoms with E-state index in [-0.39, 0.29) is 5.91 Å². The molecule has 0 radical (unpaired) electrons. The number of aromatic amines is 1. The average molecular weight is 387 g/mol. The van der Waals surface area contributed by atoms with Gasteiger partial charge in [-0.25, -0.2) is 0 Å². The number of carbonyl (C=O) groups is 1. The fourth-order valence-corrected chi connectivity index (χ4v) is 3.25. The molecule has 27 heavy (non-hydrogen) atoms. The first kappa shape index (κ1) is 19.1. The lowest BCUT2D eigenvalue weighted by Crippen LogP contribution is -2.25. The van der Waals surface area contributed by atoms with E-state index in [1.807, 2.05) is 42.6 Å². The molecule has 0 atom stereocenters. The van der Waals surface area contributed by atoms with Gasteiger partial charge >= 0.3 is 0 Å². The van der Waals surface area contributed by atoms with Gasteiger partial charge in [0.25, 0.3) is 0 Å². The molecule has 142 valence electrons. The predicted octanol–water partition coefficient (Wildman–Crippen LogP) is 4.13. The number of methoxy groups -OCH3 is 2. The number of nitrogens with one attached hydrogen (secondary N) is 2. The molecule has 6 heteroatoms. The Hall–Kier alpha value is -2.66. The number of amides is 1. The van der Waals surface area contributed by atoms with Crippen molar-refractivity contribution in [2.45, 2.75) is 19.3 Å². The van der Waals surface area contributed by atoms with Crippen LogP contribution in [0.2, 0.25) is 5.02 Å². The molecule has 1 heterocycles. The van der Waals surface area contributed by atoms with Crippen LogP contribution in [0.4, 0.5) is 0 Å². The summed E-state index contributed by atoms with van der Waals surface area (Å²) in [6.07, 6.45) is 3.79. The summed E-state index contributed by atoms with van der Waals surface area (Å²) in [6, 6.07) is 11.5. The number of H-pyrrole nitrogens is 1. The fraction of sp³-hybridized carbons (Fsp3) is 0.286. The fourth-order valence-electron chi connectivity index (χ4n) is 3.08. The number of ether oxygens (including phenoxy) is 2. The van der Waals surface area contributed by atoms with Gasteiger partial charge in [0.1, 0.15) is 0 Å². The van der Waals surface area contributed by atoms with Crippen LogP contribution in [0.15, 0.2) is 42.6 Å². The molecule has 3 rings (SSSR count). The van der Waals surface area contributed by atoms with Gasteiger partial charge in [-0.05, 0) is 54.3 Å². The zero-order chi connectivity index (χ0) is 19.2. The van der Waals surface area contributed by atoms with Crippen molar-refractivity contribution in [2.75, 3.05) is 20.8 Å². The van der Waals surface area contributed by atoms with E-state index in [9.17, 15) is 4.79 Å². The van der Waals surface area contributed by atoms with E-state index in [1.165, 1.54) is 0 Å². The molecule has 0 spiro atoms. The molecule has 0 saturated heterocycles. The van der Waals surface area contributed by atoms with Gasteiger partial charge in [-0.2, -0.15) is 0 Å². The lowest BCUT2D eigenvalue weighted by molar-refractivity contribution is -0.121. The summed E-state index contributed by atoms with van der Waals surface area (Å²) in [4.78, 5) is 15.4. The number of carbonyl (C=O) groups excluding carboxylic acids is 1. The Morgan fingerprint density at radius 1 is 1.07 bits per heavy atom. The van der Waals surface area contributed by atoms with Crippen LogP contribution in [-0.4, -0.2) is 31.7 Å². The number of rotatable bonds is 8. The molecule has 0 aliphatic rings. The van der Waals surface area contributed by atoms with Crippen molar-refractivity contribution >= 4 is 28.4 Å². The summed E-state index contributed by atoms with van der Waals surface area (Å²) in [5, 5.41) is 4.79. The van der Waals surface area contributed by atoms with Crippen molar-refractivity contribution < 1.29 is 14.3 Å². The van der Waals surface area contributed by atoms with Crippen LogP contribution in [0.1, 0.15) is 17.5 Å². The van der Waals surface area contributed by atoms with Gasteiger partial charge in [-0.3, -0.25) is 4.79 Å². The molecule has 1 aromatic heterocycles. The molecule has 0 saturated carbocycles. The quantitative estimate of drug-likeness (QED) is 0.611. The minimum atomic E-state index is 0.0302. The predicted molar refractivity (Wildman–Crippen MR) is 108 cm³/mol. The Morgan fingerprint density at radius 3 is 2.67 bits per heavy atom. The number of aromatic nitrogens is 1. The van der Waals surface area contributed by atoms with E-state index in [4.69, 9.17) is 21.1 Å². The highest BCUT2D eigenvalue weighted by molar-refractivity contribution is 6.31. The van der Waals surface area contributed by atoms with Gasteiger partial charge in [-0.15, -0.1) is 0 Å². The smallest absolute Gasteiger partial charge is 0.220 e. The Kier molecular flexibility index (Phi) is 6.24. The SMILES string of the molecule is COc1ccc(CCC(=O)NCCc2c[nH]c3ccc(Cl)cc23)cc1OC. The summed E-state index contributed by atoms with van der Waals surface area (Å²) in [5.74, 6) is 1.39. The maximum atomic E-state index is 12.1. The second-order valence-electron chi connectivity index (χ2n) is 6.29. The lowest BCUT2D eigenvalue weighted by Gasteiger charge is -2.10. The Labute approximate surface area is 163 Å². The van der Waals surface area contributed by atoms with Crippen molar-refractivity contribution in [2.24, 2.45) is 0 Å². The minimum Gasteiger partial charge on any atom is -0.493 e. The monoisotopic (exact) mass is 386 g/mol. The third-order valence-electron chi connectivity index (χ3n) is 4.53. The van der Waals surface area contributed by atoms with E-state index in [1.54, 1.807) is 14.2 Å². The van der Waals surface area contributed by atoms with Crippen molar-refractivity contribution in [1.29, 1.82) is 0 Å². The summed E-state index contributed by atoms with van der Waals surface area (Å²) in [6.45, 7) is 0.588. The second kappa shape index (κ2) is 8.82. The molecule has 2 aromatic carbocycles. The van der Waals surface area contributed by atoms with Gasteiger partial charge in [0.05, 0.1) is 14.2 Å². The summed E-state index contributed by atoms with van der Waals surface area (Å²) >= 11 is 6.07. The van der Waals surface area contributed by atoms with E-state index in [0.717, 1.165) is 28.5 Å². The standard InChI is InChI=1S/C21H23ClN2O3/c1-26-19-7-3-14(11-20(19)27-2)4-8-21(25)23-10-9-15-13-24-18-6-5-16(22)12-17(15)18/h3,5-7,11-13,24H,4,8-10H2,1-2H3,(H,23,25). The van der Waals surface area contributed by atoms with E-state index in [2.05, 4.69) is 10.3 Å². The Morgan fingerprint density at radius 2 is 1.89 bits per heavy atom. The number of hydrogen-bond donors (Lipinski definition) is 2. The molecule has 0 fully saturated rings. The van der Waals surface area contributed by atoms with Crippen molar-refractivity contribution in [1.82, 2.24) is 10.3 Å². The van der Waals surface area contributed by atoms with E-state index >= 15 is 0 Å². The van der Waals surface area contributed by atoms with E-state index in [0.29, 0.717) is 35.9 Å². The molecule has 5 nitrogen and oxygen atoms in total. The summed E-state index contributed by atoms with van der Waals surface area (Å²) in [5.41, 5.74) is 3.23. The molecular formula is C21H23ClN2O3. The molecule has 0 aliphatic heterocycles. The molecule has 3 aromatic rings. The van der Waals surface area contributed by atoms with Gasteiger partial charge in [-0.1, -0.05) is 17.7 Å². The maximum Gasteiger partial charge on any atom is 0.220 e. The highest BCUT2D eigenvalue weighted by atomic mass is 35.5. The zero-order valence-corrected chi connectivity index (χ0v) is 16.2. The number of aryl methyl sites for hydroxylation is 1. The third kappa shape index (κ3) is 4.74. The average Bonchev–Trinajstić information content (AvgIpc) is 3.08. The second-order valence-corrected chi connectivity index (χ2v) is 6.73. The number of benzene rings is 2. The van der Waals surface area contributed by atoms with Gasteiger partial charge < -0.3 is 19.8 Å². The molecule has 0 aliphatic carbocycles. The van der Waals surface area contributed by atoms with Gasteiger partial charge in [0, 0.05) is 35.1 Å². The molecule has 0 unspecified atom stereocenters. The van der Waals surface area contributed by atoms with Gasteiger partial charge in [0.2, 0.25) is 5.91 Å². The molecular weight excluding hydrogens is 364 g/mol. The van der Waals surface area contributed by atoms with Crippen LogP contribution in [0.25, 0.3) is 10.9 Å².